The largest absolute Gasteiger partial charge is 0.545 e. The molecule has 3 fully saturated rings. The zero-order chi connectivity index (χ0) is 39.5. The van der Waals surface area contributed by atoms with E-state index in [1.807, 2.05) is 24.3 Å². The summed E-state index contributed by atoms with van der Waals surface area (Å²) in [6.45, 7) is 2.57. The Balaban J connectivity index is 1.32. The second kappa shape index (κ2) is 16.8. The van der Waals surface area contributed by atoms with Crippen LogP contribution in [0.3, 0.4) is 0 Å². The number of nitrogens with zero attached hydrogens (tertiary/aromatic N) is 3. The van der Waals surface area contributed by atoms with Gasteiger partial charge in [0.25, 0.3) is 0 Å². The van der Waals surface area contributed by atoms with Crippen molar-refractivity contribution in [2.24, 2.45) is 5.92 Å². The van der Waals surface area contributed by atoms with E-state index in [0.717, 1.165) is 30.7 Å². The Labute approximate surface area is 334 Å². The normalized spacial score (nSPS) is 17.9. The zero-order valence-electron chi connectivity index (χ0n) is 30.8. The van der Waals surface area contributed by atoms with Crippen LogP contribution >= 0.6 is 23.2 Å². The Morgan fingerprint density at radius 1 is 0.946 bits per heavy atom. The number of piperidine rings is 3. The maximum absolute atomic E-state index is 15.4. The number of carbonyl (C=O) groups excluding carboxylic acids is 2. The van der Waals surface area contributed by atoms with E-state index in [0.29, 0.717) is 51.4 Å². The number of carbonyl (C=O) groups is 2. The summed E-state index contributed by atoms with van der Waals surface area (Å²) in [5.74, 6) is -1.53. The molecule has 2 atom stereocenters. The van der Waals surface area contributed by atoms with Gasteiger partial charge in [0.05, 0.1) is 32.4 Å². The number of carboxylic acid groups (broad SMARTS) is 1. The predicted octanol–water partition coefficient (Wildman–Crippen LogP) is 7.32. The van der Waals surface area contributed by atoms with Crippen molar-refractivity contribution in [1.29, 1.82) is 0 Å². The van der Waals surface area contributed by atoms with Crippen molar-refractivity contribution in [2.75, 3.05) is 38.8 Å². The van der Waals surface area contributed by atoms with Gasteiger partial charge in [-0.25, -0.2) is 9.18 Å². The molecule has 1 amide bonds. The van der Waals surface area contributed by atoms with Gasteiger partial charge in [-0.1, -0.05) is 77.8 Å². The van der Waals surface area contributed by atoms with Crippen molar-refractivity contribution in [1.82, 2.24) is 4.90 Å². The molecule has 1 aromatic heterocycles. The van der Waals surface area contributed by atoms with Crippen LogP contribution in [-0.4, -0.2) is 62.1 Å². The number of benzene rings is 4. The minimum Gasteiger partial charge on any atom is -0.545 e. The number of methoxy groups -OCH3 is 2. The highest BCUT2D eigenvalue weighted by atomic mass is 35.5. The summed E-state index contributed by atoms with van der Waals surface area (Å²) < 4.78 is 33.4. The topological polar surface area (TPSA) is 115 Å². The Bertz CT molecular complexity index is 2240. The van der Waals surface area contributed by atoms with Crippen molar-refractivity contribution in [3.63, 3.8) is 0 Å². The van der Waals surface area contributed by atoms with Crippen LogP contribution in [0.25, 0.3) is 11.1 Å². The van der Waals surface area contributed by atoms with E-state index in [1.54, 1.807) is 48.5 Å². The molecule has 4 heterocycles. The lowest BCUT2D eigenvalue weighted by atomic mass is 9.79. The van der Waals surface area contributed by atoms with E-state index in [2.05, 4.69) is 4.90 Å². The molecule has 4 aromatic carbocycles. The Hall–Kier alpha value is -5.36. The van der Waals surface area contributed by atoms with E-state index in [4.69, 9.17) is 37.4 Å². The lowest BCUT2D eigenvalue weighted by Gasteiger charge is -2.44. The first-order valence-corrected chi connectivity index (χ1v) is 19.0. The van der Waals surface area contributed by atoms with Crippen molar-refractivity contribution in [3.8, 4) is 22.6 Å². The maximum Gasteiger partial charge on any atom is 0.415 e. The Morgan fingerprint density at radius 3 is 2.32 bits per heavy atom. The number of fused-ring (bicyclic) bond motifs is 3. The fraction of sp³-hybridized carbons (Fsp3) is 0.279. The van der Waals surface area contributed by atoms with Gasteiger partial charge in [0.1, 0.15) is 22.0 Å². The number of carboxylic acids is 1. The standard InChI is InChI=1S/C43H40Cl2FN3O7/c1-54-38-14-13-29(20-39(38)55-2)32(21-33-34(44)23-48(53)24-35(33)45)41-30(9-6-10-31(41)42(50)51)28-8-5-7-26(19-28)22-49(37-12-4-3-11-36(37)46)43(52)56-40-25-47-17-15-27(40)16-18-47/h3-14,19-20,23-24,27,32,40H,15-18,21-22,25H2,1-2H3,(H-,50,51,53)/t32-,40-/m0/s1. The number of para-hydroxylation sites is 1. The van der Waals surface area contributed by atoms with Crippen LogP contribution in [0.5, 0.6) is 11.5 Å². The van der Waals surface area contributed by atoms with Gasteiger partial charge in [0.15, 0.2) is 11.5 Å². The molecular formula is C43H40Cl2FN3O7. The number of rotatable bonds is 12. The van der Waals surface area contributed by atoms with Crippen molar-refractivity contribution >= 4 is 41.0 Å². The maximum atomic E-state index is 15.4. The van der Waals surface area contributed by atoms with Crippen molar-refractivity contribution in [2.45, 2.75) is 37.8 Å². The van der Waals surface area contributed by atoms with Crippen LogP contribution in [0.4, 0.5) is 14.9 Å². The second-order valence-corrected chi connectivity index (χ2v) is 14.9. The predicted molar refractivity (Wildman–Crippen MR) is 207 cm³/mol. The molecule has 3 saturated heterocycles. The molecule has 13 heteroatoms. The first-order valence-electron chi connectivity index (χ1n) is 18.2. The molecule has 56 heavy (non-hydrogen) atoms. The highest BCUT2D eigenvalue weighted by Gasteiger charge is 2.38. The third-order valence-corrected chi connectivity index (χ3v) is 11.4. The number of hydrogen-bond acceptors (Lipinski definition) is 8. The number of hydrogen-bond donors (Lipinski definition) is 1. The molecule has 3 aliphatic heterocycles. The molecule has 10 nitrogen and oxygen atoms in total. The molecular weight excluding hydrogens is 760 g/mol. The van der Waals surface area contributed by atoms with Crippen molar-refractivity contribution in [3.05, 3.63) is 141 Å². The van der Waals surface area contributed by atoms with Crippen LogP contribution in [0.1, 0.15) is 51.4 Å². The average molecular weight is 801 g/mol. The first-order chi connectivity index (χ1) is 27.0. The van der Waals surface area contributed by atoms with Gasteiger partial charge in [-0.2, -0.15) is 0 Å². The van der Waals surface area contributed by atoms with Gasteiger partial charge in [-0.3, -0.25) is 15.0 Å². The smallest absolute Gasteiger partial charge is 0.415 e. The summed E-state index contributed by atoms with van der Waals surface area (Å²) in [7, 11) is 3.02. The lowest BCUT2D eigenvalue weighted by Crippen LogP contribution is -2.53. The average Bonchev–Trinajstić information content (AvgIpc) is 3.20. The Kier molecular flexibility index (Phi) is 11.7. The number of pyridine rings is 1. The van der Waals surface area contributed by atoms with E-state index in [1.165, 1.54) is 43.6 Å². The molecule has 5 aromatic rings. The van der Waals surface area contributed by atoms with Crippen molar-refractivity contribution < 1.29 is 43.2 Å². The van der Waals surface area contributed by atoms with E-state index in [-0.39, 0.29) is 46.3 Å². The fourth-order valence-corrected chi connectivity index (χ4v) is 8.55. The van der Waals surface area contributed by atoms with E-state index >= 15 is 4.39 Å². The molecule has 0 saturated carbocycles. The van der Waals surface area contributed by atoms with Crippen LogP contribution in [0.15, 0.2) is 97.3 Å². The molecule has 0 unspecified atom stereocenters. The van der Waals surface area contributed by atoms with Crippen LogP contribution in [0.2, 0.25) is 10.0 Å². The van der Waals surface area contributed by atoms with Crippen LogP contribution in [-0.2, 0) is 17.7 Å². The van der Waals surface area contributed by atoms with Gasteiger partial charge in [0, 0.05) is 28.3 Å². The van der Waals surface area contributed by atoms with Gasteiger partial charge in [-0.15, -0.1) is 0 Å². The highest BCUT2D eigenvalue weighted by molar-refractivity contribution is 6.35. The van der Waals surface area contributed by atoms with Crippen LogP contribution < -0.4 is 24.2 Å². The molecule has 2 bridgehead atoms. The lowest BCUT2D eigenvalue weighted by molar-refractivity contribution is -0.904. The van der Waals surface area contributed by atoms with Gasteiger partial charge in [-0.05, 0) is 96.4 Å². The molecule has 290 valence electrons. The SMILES string of the molecule is COc1ccc([C@H](Cc2c(Cl)c[n+](O)cc2Cl)c2c(C(=O)[O-])cccc2-c2cccc(CN(C(=O)O[C@H]3CN4CCC3CC4)c3ccccc3F)c2)cc1OC. The molecule has 8 rings (SSSR count). The Morgan fingerprint density at radius 2 is 1.66 bits per heavy atom. The second-order valence-electron chi connectivity index (χ2n) is 14.0. The molecule has 0 spiro atoms. The monoisotopic (exact) mass is 799 g/mol. The first kappa shape index (κ1) is 38.9. The third-order valence-electron chi connectivity index (χ3n) is 10.8. The number of ether oxygens (including phenoxy) is 3. The quantitative estimate of drug-likeness (QED) is 0.103. The third kappa shape index (κ3) is 8.11. The summed E-state index contributed by atoms with van der Waals surface area (Å²) in [6, 6.07) is 23.6. The summed E-state index contributed by atoms with van der Waals surface area (Å²) in [4.78, 5) is 30.5. The molecule has 0 aliphatic carbocycles. The molecule has 1 N–H and O–H groups in total. The highest BCUT2D eigenvalue weighted by Crippen LogP contribution is 2.43. The van der Waals surface area contributed by atoms with E-state index in [9.17, 15) is 19.9 Å². The summed E-state index contributed by atoms with van der Waals surface area (Å²) in [6.07, 6.45) is 3.66. The number of halogens is 3. The summed E-state index contributed by atoms with van der Waals surface area (Å²) in [5.41, 5.74) is 3.37. The van der Waals surface area contributed by atoms with Gasteiger partial charge < -0.3 is 24.1 Å². The number of amides is 1. The minimum absolute atomic E-state index is 0.0281. The molecule has 3 aliphatic rings. The summed E-state index contributed by atoms with van der Waals surface area (Å²) >= 11 is 13.3. The minimum atomic E-state index is -1.40. The summed E-state index contributed by atoms with van der Waals surface area (Å²) in [5, 5.41) is 23.4. The zero-order valence-corrected chi connectivity index (χ0v) is 32.3. The number of aromatic carboxylic acids is 1. The van der Waals surface area contributed by atoms with E-state index < -0.39 is 23.8 Å². The molecule has 0 radical (unpaired) electrons. The number of aromatic nitrogens is 1. The van der Waals surface area contributed by atoms with Gasteiger partial charge in [0.2, 0.25) is 12.4 Å². The van der Waals surface area contributed by atoms with Gasteiger partial charge >= 0.3 is 6.09 Å². The number of anilines is 1. The van der Waals surface area contributed by atoms with Crippen LogP contribution in [0, 0.1) is 11.7 Å². The fourth-order valence-electron chi connectivity index (χ4n) is 7.94.